The van der Waals surface area contributed by atoms with E-state index < -0.39 is 0 Å². The highest BCUT2D eigenvalue weighted by molar-refractivity contribution is 6.30. The lowest BCUT2D eigenvalue weighted by atomic mass is 10.1. The predicted octanol–water partition coefficient (Wildman–Crippen LogP) is 4.57. The highest BCUT2D eigenvalue weighted by Crippen LogP contribution is 2.25. The molecule has 0 fully saturated rings. The van der Waals surface area contributed by atoms with Crippen LogP contribution in [0.1, 0.15) is 19.4 Å². The number of carbonyl (C=O) groups excluding carboxylic acids is 1. The highest BCUT2D eigenvalue weighted by Gasteiger charge is 2.15. The number of esters is 1. The van der Waals surface area contributed by atoms with Gasteiger partial charge in [0, 0.05) is 37.2 Å². The number of aryl methyl sites for hydroxylation is 1. The summed E-state index contributed by atoms with van der Waals surface area (Å²) in [6, 6.07) is 17.0. The molecule has 3 aromatic rings. The topological polar surface area (TPSA) is 56.6 Å². The first-order valence-electron chi connectivity index (χ1n) is 9.76. The molecule has 0 radical (unpaired) electrons. The van der Waals surface area contributed by atoms with Crippen molar-refractivity contribution < 1.29 is 14.3 Å². The summed E-state index contributed by atoms with van der Waals surface area (Å²) in [4.78, 5) is 13.2. The molecule has 1 heterocycles. The van der Waals surface area contributed by atoms with Crippen LogP contribution in [0.5, 0.6) is 11.6 Å². The van der Waals surface area contributed by atoms with E-state index in [4.69, 9.17) is 21.1 Å². The number of ether oxygens (including phenoxy) is 2. The quantitative estimate of drug-likeness (QED) is 0.299. The maximum absolute atomic E-state index is 11.1. The van der Waals surface area contributed by atoms with Gasteiger partial charge in [-0.05, 0) is 62.4 Å². The Morgan fingerprint density at radius 1 is 1.17 bits per heavy atom. The number of aromatic nitrogens is 2. The highest BCUT2D eigenvalue weighted by atomic mass is 35.5. The molecule has 0 N–H and O–H groups in total. The van der Waals surface area contributed by atoms with Crippen molar-refractivity contribution in [3.05, 3.63) is 65.2 Å². The lowest BCUT2D eigenvalue weighted by Gasteiger charge is -2.25. The first kappa shape index (κ1) is 21.9. The van der Waals surface area contributed by atoms with Crippen LogP contribution in [0.15, 0.2) is 54.6 Å². The van der Waals surface area contributed by atoms with Crippen LogP contribution in [-0.4, -0.2) is 40.5 Å². The first-order valence-corrected chi connectivity index (χ1v) is 10.1. The van der Waals surface area contributed by atoms with Gasteiger partial charge in [-0.3, -0.25) is 9.69 Å². The van der Waals surface area contributed by atoms with Crippen LogP contribution < -0.4 is 9.47 Å². The molecule has 0 bridgehead atoms. The summed E-state index contributed by atoms with van der Waals surface area (Å²) in [5.74, 6) is 0.847. The number of rotatable bonds is 8. The van der Waals surface area contributed by atoms with Gasteiger partial charge in [-0.15, -0.1) is 0 Å². The third-order valence-electron chi connectivity index (χ3n) is 4.83. The van der Waals surface area contributed by atoms with E-state index in [-0.39, 0.29) is 12.2 Å². The molecule has 0 aliphatic rings. The molecule has 1 unspecified atom stereocenters. The number of benzene rings is 2. The van der Waals surface area contributed by atoms with Crippen molar-refractivity contribution in [2.24, 2.45) is 7.05 Å². The van der Waals surface area contributed by atoms with Gasteiger partial charge in [-0.25, -0.2) is 4.68 Å². The molecule has 1 aromatic heterocycles. The van der Waals surface area contributed by atoms with Gasteiger partial charge in [-0.2, -0.15) is 5.10 Å². The lowest BCUT2D eigenvalue weighted by molar-refractivity contribution is -0.131. The normalized spacial score (nSPS) is 12.1. The van der Waals surface area contributed by atoms with Gasteiger partial charge in [-0.1, -0.05) is 23.7 Å². The zero-order valence-corrected chi connectivity index (χ0v) is 18.4. The van der Waals surface area contributed by atoms with Crippen LogP contribution in [0.25, 0.3) is 11.3 Å². The minimum Gasteiger partial charge on any atom is -0.459 e. The maximum atomic E-state index is 11.1. The fourth-order valence-corrected chi connectivity index (χ4v) is 3.09. The van der Waals surface area contributed by atoms with Crippen molar-refractivity contribution >= 4 is 17.6 Å². The SMILES string of the molecule is CC(=O)Oc1ccc(-c2cc(OC(C)N(C)CCc3ccc(Cl)cc3)n(C)n2)cc1. The summed E-state index contributed by atoms with van der Waals surface area (Å²) >= 11 is 5.95. The third kappa shape index (κ3) is 5.84. The van der Waals surface area contributed by atoms with Crippen molar-refractivity contribution in [3.63, 3.8) is 0 Å². The second kappa shape index (κ2) is 9.78. The van der Waals surface area contributed by atoms with E-state index >= 15 is 0 Å². The Kier molecular flexibility index (Phi) is 7.13. The number of hydrogen-bond acceptors (Lipinski definition) is 5. The van der Waals surface area contributed by atoms with Gasteiger partial charge in [0.05, 0.1) is 5.69 Å². The summed E-state index contributed by atoms with van der Waals surface area (Å²) < 4.78 is 12.9. The minimum absolute atomic E-state index is 0.119. The predicted molar refractivity (Wildman–Crippen MR) is 118 cm³/mol. The van der Waals surface area contributed by atoms with Gasteiger partial charge < -0.3 is 9.47 Å². The molecule has 0 spiro atoms. The molecule has 0 aliphatic carbocycles. The second-order valence-electron chi connectivity index (χ2n) is 7.18. The zero-order valence-electron chi connectivity index (χ0n) is 17.6. The average molecular weight is 428 g/mol. The number of halogens is 1. The Bertz CT molecular complexity index is 984. The van der Waals surface area contributed by atoms with E-state index in [1.807, 2.05) is 63.5 Å². The molecule has 1 atom stereocenters. The van der Waals surface area contributed by atoms with Crippen LogP contribution >= 0.6 is 11.6 Å². The molecule has 0 saturated carbocycles. The van der Waals surface area contributed by atoms with Crippen molar-refractivity contribution in [2.45, 2.75) is 26.5 Å². The van der Waals surface area contributed by atoms with Gasteiger partial charge in [0.25, 0.3) is 0 Å². The summed E-state index contributed by atoms with van der Waals surface area (Å²) in [6.45, 7) is 4.25. The molecule has 6 nitrogen and oxygen atoms in total. The minimum atomic E-state index is -0.342. The molecular formula is C23H26ClN3O3. The second-order valence-corrected chi connectivity index (χ2v) is 7.62. The fraction of sp³-hybridized carbons (Fsp3) is 0.304. The summed E-state index contributed by atoms with van der Waals surface area (Å²) in [5, 5.41) is 5.29. The molecule has 0 amide bonds. The smallest absolute Gasteiger partial charge is 0.308 e. The van der Waals surface area contributed by atoms with E-state index in [1.54, 1.807) is 16.8 Å². The molecular weight excluding hydrogens is 402 g/mol. The van der Waals surface area contributed by atoms with Crippen molar-refractivity contribution in [2.75, 3.05) is 13.6 Å². The molecule has 2 aromatic carbocycles. The molecule has 30 heavy (non-hydrogen) atoms. The van der Waals surface area contributed by atoms with Crippen LogP contribution in [0.4, 0.5) is 0 Å². The molecule has 7 heteroatoms. The number of likely N-dealkylation sites (N-methyl/N-ethyl adjacent to an activating group) is 1. The molecule has 0 saturated heterocycles. The van der Waals surface area contributed by atoms with Gasteiger partial charge in [0.15, 0.2) is 6.23 Å². The Labute approximate surface area is 182 Å². The van der Waals surface area contributed by atoms with Gasteiger partial charge in [0.2, 0.25) is 5.88 Å². The monoisotopic (exact) mass is 427 g/mol. The lowest BCUT2D eigenvalue weighted by Crippen LogP contribution is -2.35. The summed E-state index contributed by atoms with van der Waals surface area (Å²) in [7, 11) is 3.89. The van der Waals surface area contributed by atoms with Crippen LogP contribution in [0, 0.1) is 0 Å². The van der Waals surface area contributed by atoms with Gasteiger partial charge >= 0.3 is 5.97 Å². The average Bonchev–Trinajstić information content (AvgIpc) is 3.07. The van der Waals surface area contributed by atoms with Gasteiger partial charge in [0.1, 0.15) is 5.75 Å². The molecule has 158 valence electrons. The Balaban J connectivity index is 1.60. The zero-order chi connectivity index (χ0) is 21.7. The van der Waals surface area contributed by atoms with Crippen LogP contribution in [0.2, 0.25) is 5.02 Å². The largest absolute Gasteiger partial charge is 0.459 e. The van der Waals surface area contributed by atoms with E-state index in [1.165, 1.54) is 12.5 Å². The van der Waals surface area contributed by atoms with Crippen LogP contribution in [-0.2, 0) is 18.3 Å². The van der Waals surface area contributed by atoms with Crippen molar-refractivity contribution in [1.29, 1.82) is 0 Å². The number of hydrogen-bond donors (Lipinski definition) is 0. The first-order chi connectivity index (χ1) is 14.3. The van der Waals surface area contributed by atoms with Crippen molar-refractivity contribution in [1.82, 2.24) is 14.7 Å². The molecule has 0 aliphatic heterocycles. The maximum Gasteiger partial charge on any atom is 0.308 e. The number of nitrogens with zero attached hydrogens (tertiary/aromatic N) is 3. The van der Waals surface area contributed by atoms with Crippen LogP contribution in [0.3, 0.4) is 0 Å². The van der Waals surface area contributed by atoms with E-state index in [0.29, 0.717) is 11.6 Å². The summed E-state index contributed by atoms with van der Waals surface area (Å²) in [6.07, 6.45) is 0.791. The summed E-state index contributed by atoms with van der Waals surface area (Å²) in [5.41, 5.74) is 2.94. The van der Waals surface area contributed by atoms with E-state index in [2.05, 4.69) is 10.00 Å². The Hall–Kier alpha value is -2.83. The number of carbonyl (C=O) groups is 1. The Morgan fingerprint density at radius 3 is 2.47 bits per heavy atom. The Morgan fingerprint density at radius 2 is 1.83 bits per heavy atom. The molecule has 3 rings (SSSR count). The van der Waals surface area contributed by atoms with E-state index in [9.17, 15) is 4.79 Å². The van der Waals surface area contributed by atoms with Crippen molar-refractivity contribution in [3.8, 4) is 22.9 Å². The standard InChI is InChI=1S/C23H26ClN3O3/c1-16(26(3)14-13-18-5-9-20(24)10-6-18)29-23-15-22(25-27(23)4)19-7-11-21(12-8-19)30-17(2)28/h5-12,15-16H,13-14H2,1-4H3. The fourth-order valence-electron chi connectivity index (χ4n) is 2.96. The van der Waals surface area contributed by atoms with E-state index in [0.717, 1.165) is 29.2 Å². The third-order valence-corrected chi connectivity index (χ3v) is 5.08.